The second-order valence-corrected chi connectivity index (χ2v) is 6.58. The molecule has 0 radical (unpaired) electrons. The zero-order valence-electron chi connectivity index (χ0n) is 15.6. The summed E-state index contributed by atoms with van der Waals surface area (Å²) in [5.74, 6) is 0. The van der Waals surface area contributed by atoms with Crippen LogP contribution in [-0.2, 0) is 13.1 Å². The molecule has 0 fully saturated rings. The van der Waals surface area contributed by atoms with E-state index in [0.29, 0.717) is 0 Å². The molecule has 4 aromatic heterocycles. The Hall–Kier alpha value is -3.42. The molecule has 4 rings (SSSR count). The number of aromatic nitrogens is 8. The Morgan fingerprint density at radius 2 is 1.07 bits per heavy atom. The van der Waals surface area contributed by atoms with E-state index in [1.54, 1.807) is 12.4 Å². The lowest BCUT2D eigenvalue weighted by molar-refractivity contribution is 0.490. The minimum Gasteiger partial charge on any atom is -0.254 e. The lowest BCUT2D eigenvalue weighted by Crippen LogP contribution is -2.01. The number of pyridine rings is 2. The summed E-state index contributed by atoms with van der Waals surface area (Å²) in [4.78, 5) is 8.60. The van der Waals surface area contributed by atoms with Crippen LogP contribution in [0.1, 0.15) is 25.7 Å². The zero-order chi connectivity index (χ0) is 19.0. The Bertz CT molecular complexity index is 896. The van der Waals surface area contributed by atoms with Gasteiger partial charge < -0.3 is 0 Å². The summed E-state index contributed by atoms with van der Waals surface area (Å²) in [5.41, 5.74) is 3.34. The standard InChI is InChI=1S/C20H22N8/c1(7-13-27-15-19(23-25-27)17-9-3-5-11-21-17)2-8-14-28-16-20(24-26-28)18-10-4-6-12-22-18/h3-6,9-12,15-16H,1-2,7-8,13-14H2. The van der Waals surface area contributed by atoms with Crippen molar-refractivity contribution in [3.05, 3.63) is 61.2 Å². The van der Waals surface area contributed by atoms with E-state index in [0.717, 1.165) is 61.5 Å². The molecule has 0 spiro atoms. The third-order valence-electron chi connectivity index (χ3n) is 4.46. The molecule has 28 heavy (non-hydrogen) atoms. The van der Waals surface area contributed by atoms with Gasteiger partial charge in [-0.3, -0.25) is 19.3 Å². The highest BCUT2D eigenvalue weighted by molar-refractivity contribution is 5.51. The molecule has 8 heteroatoms. The second-order valence-electron chi connectivity index (χ2n) is 6.58. The molecule has 0 saturated carbocycles. The quantitative estimate of drug-likeness (QED) is 0.418. The van der Waals surface area contributed by atoms with E-state index in [-0.39, 0.29) is 0 Å². The van der Waals surface area contributed by atoms with Crippen molar-refractivity contribution in [1.29, 1.82) is 0 Å². The van der Waals surface area contributed by atoms with Crippen LogP contribution in [0, 0.1) is 0 Å². The van der Waals surface area contributed by atoms with Crippen LogP contribution in [0.4, 0.5) is 0 Å². The summed E-state index contributed by atoms with van der Waals surface area (Å²) in [6, 6.07) is 11.6. The molecular weight excluding hydrogens is 352 g/mol. The average Bonchev–Trinajstić information content (AvgIpc) is 3.42. The summed E-state index contributed by atoms with van der Waals surface area (Å²) < 4.78 is 3.78. The van der Waals surface area contributed by atoms with Crippen molar-refractivity contribution >= 4 is 0 Å². The molecule has 0 aliphatic carbocycles. The molecule has 8 nitrogen and oxygen atoms in total. The number of nitrogens with zero attached hydrogens (tertiary/aromatic N) is 8. The molecule has 0 bridgehead atoms. The summed E-state index contributed by atoms with van der Waals surface area (Å²) in [6.07, 6.45) is 11.9. The van der Waals surface area contributed by atoms with Gasteiger partial charge in [0.15, 0.2) is 0 Å². The summed E-state index contributed by atoms with van der Waals surface area (Å²) in [7, 11) is 0. The highest BCUT2D eigenvalue weighted by Crippen LogP contribution is 2.13. The first kappa shape index (κ1) is 18.0. The van der Waals surface area contributed by atoms with Crippen LogP contribution in [-0.4, -0.2) is 40.0 Å². The van der Waals surface area contributed by atoms with E-state index in [2.05, 4.69) is 30.6 Å². The first-order valence-corrected chi connectivity index (χ1v) is 9.51. The SMILES string of the molecule is c1ccc(-c2cn(CCCCCCn3cc(-c4ccccn4)nn3)nn2)nc1. The third-order valence-corrected chi connectivity index (χ3v) is 4.46. The molecule has 0 N–H and O–H groups in total. The van der Waals surface area contributed by atoms with E-state index in [1.807, 2.05) is 58.2 Å². The molecule has 0 atom stereocenters. The van der Waals surface area contributed by atoms with Crippen molar-refractivity contribution in [2.45, 2.75) is 38.8 Å². The van der Waals surface area contributed by atoms with Crippen LogP contribution in [0.3, 0.4) is 0 Å². The largest absolute Gasteiger partial charge is 0.254 e. The summed E-state index contributed by atoms with van der Waals surface area (Å²) >= 11 is 0. The number of hydrogen-bond acceptors (Lipinski definition) is 6. The molecule has 0 unspecified atom stereocenters. The Morgan fingerprint density at radius 1 is 0.571 bits per heavy atom. The van der Waals surface area contributed by atoms with Gasteiger partial charge in [0.2, 0.25) is 0 Å². The van der Waals surface area contributed by atoms with E-state index in [1.165, 1.54) is 0 Å². The van der Waals surface area contributed by atoms with Gasteiger partial charge in [0, 0.05) is 25.5 Å². The minimum absolute atomic E-state index is 0.815. The fraction of sp³-hybridized carbons (Fsp3) is 0.300. The molecule has 4 heterocycles. The zero-order valence-corrected chi connectivity index (χ0v) is 15.6. The molecule has 0 aliphatic heterocycles. The number of unbranched alkanes of at least 4 members (excludes halogenated alkanes) is 3. The van der Waals surface area contributed by atoms with Crippen LogP contribution in [0.15, 0.2) is 61.2 Å². The van der Waals surface area contributed by atoms with Gasteiger partial charge in [0.05, 0.1) is 23.8 Å². The van der Waals surface area contributed by atoms with Gasteiger partial charge in [0.25, 0.3) is 0 Å². The Morgan fingerprint density at radius 3 is 1.50 bits per heavy atom. The van der Waals surface area contributed by atoms with Crippen molar-refractivity contribution in [3.8, 4) is 22.8 Å². The smallest absolute Gasteiger partial charge is 0.131 e. The van der Waals surface area contributed by atoms with E-state index < -0.39 is 0 Å². The van der Waals surface area contributed by atoms with Gasteiger partial charge >= 0.3 is 0 Å². The van der Waals surface area contributed by atoms with Crippen LogP contribution < -0.4 is 0 Å². The van der Waals surface area contributed by atoms with Gasteiger partial charge in [-0.2, -0.15) is 0 Å². The Kier molecular flexibility index (Phi) is 5.77. The predicted octanol–water partition coefficient (Wildman–Crippen LogP) is 3.25. The van der Waals surface area contributed by atoms with Gasteiger partial charge in [-0.05, 0) is 37.1 Å². The van der Waals surface area contributed by atoms with Crippen LogP contribution >= 0.6 is 0 Å². The van der Waals surface area contributed by atoms with Crippen molar-refractivity contribution in [2.24, 2.45) is 0 Å². The number of rotatable bonds is 9. The van der Waals surface area contributed by atoms with Crippen LogP contribution in [0.2, 0.25) is 0 Å². The highest BCUT2D eigenvalue weighted by Gasteiger charge is 2.05. The number of aryl methyl sites for hydroxylation is 2. The number of hydrogen-bond donors (Lipinski definition) is 0. The topological polar surface area (TPSA) is 87.2 Å². The monoisotopic (exact) mass is 374 g/mol. The maximum atomic E-state index is 4.30. The fourth-order valence-corrected chi connectivity index (χ4v) is 2.98. The van der Waals surface area contributed by atoms with Crippen LogP contribution in [0.5, 0.6) is 0 Å². The molecule has 0 amide bonds. The van der Waals surface area contributed by atoms with E-state index in [9.17, 15) is 0 Å². The van der Waals surface area contributed by atoms with Crippen molar-refractivity contribution < 1.29 is 0 Å². The van der Waals surface area contributed by atoms with E-state index in [4.69, 9.17) is 0 Å². The second kappa shape index (κ2) is 8.98. The Balaban J connectivity index is 1.16. The molecular formula is C20H22N8. The third kappa shape index (κ3) is 4.64. The first-order chi connectivity index (χ1) is 13.9. The highest BCUT2D eigenvalue weighted by atomic mass is 15.4. The predicted molar refractivity (Wildman–Crippen MR) is 105 cm³/mol. The van der Waals surface area contributed by atoms with Crippen LogP contribution in [0.25, 0.3) is 22.8 Å². The van der Waals surface area contributed by atoms with Crippen molar-refractivity contribution in [1.82, 2.24) is 40.0 Å². The van der Waals surface area contributed by atoms with Gasteiger partial charge in [-0.25, -0.2) is 0 Å². The summed E-state index contributed by atoms with van der Waals surface area (Å²) in [5, 5.41) is 16.8. The molecule has 142 valence electrons. The molecule has 0 aliphatic rings. The first-order valence-electron chi connectivity index (χ1n) is 9.51. The van der Waals surface area contributed by atoms with Gasteiger partial charge in [0.1, 0.15) is 11.4 Å². The molecule has 0 aromatic carbocycles. The Labute approximate surface area is 163 Å². The maximum Gasteiger partial charge on any atom is 0.131 e. The lowest BCUT2D eigenvalue weighted by Gasteiger charge is -2.02. The lowest BCUT2D eigenvalue weighted by atomic mass is 10.2. The van der Waals surface area contributed by atoms with Crippen molar-refractivity contribution in [2.75, 3.05) is 0 Å². The van der Waals surface area contributed by atoms with Gasteiger partial charge in [-0.15, -0.1) is 10.2 Å². The van der Waals surface area contributed by atoms with E-state index >= 15 is 0 Å². The van der Waals surface area contributed by atoms with Gasteiger partial charge in [-0.1, -0.05) is 35.4 Å². The average molecular weight is 374 g/mol. The minimum atomic E-state index is 0.815. The fourth-order valence-electron chi connectivity index (χ4n) is 2.98. The summed E-state index contributed by atoms with van der Waals surface area (Å²) in [6.45, 7) is 1.74. The maximum absolute atomic E-state index is 4.30. The van der Waals surface area contributed by atoms with Crippen molar-refractivity contribution in [3.63, 3.8) is 0 Å². The molecule has 0 saturated heterocycles. The normalized spacial score (nSPS) is 11.0. The molecule has 4 aromatic rings.